The van der Waals surface area contributed by atoms with Gasteiger partial charge >= 0.3 is 0 Å². The monoisotopic (exact) mass is 336 g/mol. The van der Waals surface area contributed by atoms with Crippen molar-refractivity contribution in [3.63, 3.8) is 0 Å². The Hall–Kier alpha value is -2.42. The highest BCUT2D eigenvalue weighted by atomic mass is 15.4. The van der Waals surface area contributed by atoms with Crippen LogP contribution in [0, 0.1) is 6.92 Å². The van der Waals surface area contributed by atoms with Crippen molar-refractivity contribution < 1.29 is 4.58 Å². The number of nitrogens with zero attached hydrogens (tertiary/aromatic N) is 3. The van der Waals surface area contributed by atoms with Gasteiger partial charge in [0.1, 0.15) is 13.3 Å². The number of anilines is 1. The van der Waals surface area contributed by atoms with Crippen molar-refractivity contribution in [1.29, 1.82) is 0 Å². The van der Waals surface area contributed by atoms with Gasteiger partial charge in [0, 0.05) is 18.7 Å². The molecule has 132 valence electrons. The van der Waals surface area contributed by atoms with Gasteiger partial charge < -0.3 is 0 Å². The number of hydrogen-bond donors (Lipinski definition) is 0. The molecule has 0 amide bonds. The highest BCUT2D eigenvalue weighted by molar-refractivity contribution is 6.33. The van der Waals surface area contributed by atoms with Gasteiger partial charge in [0.2, 0.25) is 11.4 Å². The average molecular weight is 337 g/mol. The second-order valence-corrected chi connectivity index (χ2v) is 6.69. The summed E-state index contributed by atoms with van der Waals surface area (Å²) < 4.78 is 2.24. The number of aryl methyl sites for hydroxylation is 1. The van der Waals surface area contributed by atoms with E-state index >= 15 is 0 Å². The molecule has 3 nitrogen and oxygen atoms in total. The minimum absolute atomic E-state index is 0.0387. The number of hydrogen-bond acceptors (Lipinski definition) is 2. The summed E-state index contributed by atoms with van der Waals surface area (Å²) in [7, 11) is 4.09. The first-order valence-electron chi connectivity index (χ1n) is 8.96. The van der Waals surface area contributed by atoms with Crippen LogP contribution in [0.3, 0.4) is 0 Å². The van der Waals surface area contributed by atoms with Crippen LogP contribution < -0.4 is 5.01 Å². The van der Waals surface area contributed by atoms with E-state index in [1.54, 1.807) is 0 Å². The zero-order chi connectivity index (χ0) is 18.6. The van der Waals surface area contributed by atoms with E-state index in [2.05, 4.69) is 86.0 Å². The molecular formula is C22H30N3+. The molecule has 3 rings (SSSR count). The molecule has 0 N–H and O–H groups in total. The third-order valence-electron chi connectivity index (χ3n) is 4.70. The van der Waals surface area contributed by atoms with E-state index in [0.717, 1.165) is 5.69 Å². The second-order valence-electron chi connectivity index (χ2n) is 6.69. The van der Waals surface area contributed by atoms with Crippen LogP contribution in [0.2, 0.25) is 0 Å². The summed E-state index contributed by atoms with van der Waals surface area (Å²) in [5.74, 6) is 0. The molecule has 0 bridgehead atoms. The van der Waals surface area contributed by atoms with Crippen LogP contribution in [0.5, 0.6) is 0 Å². The predicted molar refractivity (Wildman–Crippen MR) is 110 cm³/mol. The minimum atomic E-state index is -0.0387. The molecule has 2 aromatic carbocycles. The Morgan fingerprint density at radius 2 is 1.60 bits per heavy atom. The summed E-state index contributed by atoms with van der Waals surface area (Å²) in [4.78, 5) is 0. The van der Waals surface area contributed by atoms with E-state index in [1.807, 2.05) is 32.1 Å². The fraction of sp³-hybridized carbons (Fsp3) is 0.364. The summed E-state index contributed by atoms with van der Waals surface area (Å²) >= 11 is 0. The van der Waals surface area contributed by atoms with Crippen LogP contribution in [0.15, 0.2) is 53.6 Å². The van der Waals surface area contributed by atoms with Gasteiger partial charge in [-0.2, -0.15) is 9.68 Å². The molecule has 3 heteroatoms. The molecule has 0 atom stereocenters. The third-order valence-corrected chi connectivity index (χ3v) is 4.70. The van der Waals surface area contributed by atoms with Crippen LogP contribution in [0.1, 0.15) is 38.8 Å². The maximum atomic E-state index is 4.66. The van der Waals surface area contributed by atoms with E-state index in [1.165, 1.54) is 22.5 Å². The number of para-hydroxylation sites is 1. The summed E-state index contributed by atoms with van der Waals surface area (Å²) in [6, 6.07) is 17.0. The molecule has 0 aliphatic carbocycles. The van der Waals surface area contributed by atoms with Crippen LogP contribution in [0.25, 0.3) is 0 Å². The van der Waals surface area contributed by atoms with Crippen molar-refractivity contribution in [2.45, 2.75) is 40.0 Å². The largest absolute Gasteiger partial charge is 0.268 e. The third kappa shape index (κ3) is 3.65. The quantitative estimate of drug-likeness (QED) is 0.431. The van der Waals surface area contributed by atoms with Crippen molar-refractivity contribution in [3.8, 4) is 0 Å². The first-order valence-corrected chi connectivity index (χ1v) is 8.96. The Bertz CT molecular complexity index is 783. The molecule has 1 heterocycles. The fourth-order valence-corrected chi connectivity index (χ4v) is 3.20. The molecule has 1 aliphatic heterocycles. The molecule has 0 unspecified atom stereocenters. The number of hydrazone groups is 1. The molecular weight excluding hydrogens is 306 g/mol. The van der Waals surface area contributed by atoms with Gasteiger partial charge in [-0.3, -0.25) is 5.01 Å². The second kappa shape index (κ2) is 7.64. The Morgan fingerprint density at radius 1 is 1.00 bits per heavy atom. The zero-order valence-electron chi connectivity index (χ0n) is 16.5. The standard InChI is InChI=1S/C20H24N3.C2H6/c1-15-10-12-16(13-11-15)23(5)21-14-19-20(2,3)17-8-6-7-9-18(17)22(19)4;1-2/h6-14H,1-5H3;1-2H3/q+1;. The van der Waals surface area contributed by atoms with E-state index in [-0.39, 0.29) is 5.41 Å². The number of benzene rings is 2. The van der Waals surface area contributed by atoms with Crippen molar-refractivity contribution in [1.82, 2.24) is 0 Å². The van der Waals surface area contributed by atoms with Crippen LogP contribution in [-0.2, 0) is 5.41 Å². The molecule has 0 fully saturated rings. The SMILES string of the molecule is CC.Cc1ccc(N(C)/N=C/C2=[N+](C)c3ccccc3C2(C)C)cc1. The lowest BCUT2D eigenvalue weighted by Gasteiger charge is -2.16. The molecule has 0 spiro atoms. The number of rotatable bonds is 3. The van der Waals surface area contributed by atoms with Crippen molar-refractivity contribution in [2.75, 3.05) is 19.1 Å². The van der Waals surface area contributed by atoms with Crippen LogP contribution in [-0.4, -0.2) is 30.6 Å². The molecule has 1 aliphatic rings. The Labute approximate surface area is 152 Å². The van der Waals surface area contributed by atoms with Gasteiger partial charge in [-0.05, 0) is 32.9 Å². The van der Waals surface area contributed by atoms with E-state index < -0.39 is 0 Å². The van der Waals surface area contributed by atoms with Crippen molar-refractivity contribution >= 4 is 23.3 Å². The van der Waals surface area contributed by atoms with Gasteiger partial charge in [-0.25, -0.2) is 0 Å². The zero-order valence-corrected chi connectivity index (χ0v) is 16.5. The Balaban J connectivity index is 0.00000109. The average Bonchev–Trinajstić information content (AvgIpc) is 2.82. The minimum Gasteiger partial charge on any atom is -0.268 e. The first-order chi connectivity index (χ1) is 11.9. The summed E-state index contributed by atoms with van der Waals surface area (Å²) in [5.41, 5.74) is 6.12. The summed E-state index contributed by atoms with van der Waals surface area (Å²) in [6.07, 6.45) is 1.99. The van der Waals surface area contributed by atoms with Crippen molar-refractivity contribution in [3.05, 3.63) is 59.7 Å². The highest BCUT2D eigenvalue weighted by Crippen LogP contribution is 2.38. The summed E-state index contributed by atoms with van der Waals surface area (Å²) in [5, 5.41) is 6.58. The van der Waals surface area contributed by atoms with Crippen LogP contribution in [0.4, 0.5) is 11.4 Å². The maximum Gasteiger partial charge on any atom is 0.212 e. The highest BCUT2D eigenvalue weighted by Gasteiger charge is 2.43. The van der Waals surface area contributed by atoms with E-state index in [0.29, 0.717) is 0 Å². The van der Waals surface area contributed by atoms with Crippen molar-refractivity contribution in [2.24, 2.45) is 5.10 Å². The maximum absolute atomic E-state index is 4.66. The van der Waals surface area contributed by atoms with Gasteiger partial charge in [0.15, 0.2) is 0 Å². The van der Waals surface area contributed by atoms with Gasteiger partial charge in [0.05, 0.1) is 11.1 Å². The van der Waals surface area contributed by atoms with Gasteiger partial charge in [0.25, 0.3) is 0 Å². The fourth-order valence-electron chi connectivity index (χ4n) is 3.20. The summed E-state index contributed by atoms with van der Waals surface area (Å²) in [6.45, 7) is 10.6. The Kier molecular flexibility index (Phi) is 5.78. The number of fused-ring (bicyclic) bond motifs is 1. The topological polar surface area (TPSA) is 18.6 Å². The molecule has 0 saturated carbocycles. The van der Waals surface area contributed by atoms with E-state index in [9.17, 15) is 0 Å². The predicted octanol–water partition coefficient (Wildman–Crippen LogP) is 5.15. The van der Waals surface area contributed by atoms with Gasteiger partial charge in [-0.15, -0.1) is 0 Å². The first kappa shape index (κ1) is 18.9. The normalized spacial score (nSPS) is 15.0. The molecule has 25 heavy (non-hydrogen) atoms. The molecule has 0 aromatic heterocycles. The molecule has 2 aromatic rings. The van der Waals surface area contributed by atoms with Gasteiger partial charge in [-0.1, -0.05) is 49.7 Å². The van der Waals surface area contributed by atoms with Crippen LogP contribution >= 0.6 is 0 Å². The molecule has 0 radical (unpaired) electrons. The smallest absolute Gasteiger partial charge is 0.212 e. The lowest BCUT2D eigenvalue weighted by molar-refractivity contribution is -0.400. The lowest BCUT2D eigenvalue weighted by atomic mass is 9.82. The Morgan fingerprint density at radius 3 is 2.20 bits per heavy atom. The van der Waals surface area contributed by atoms with E-state index in [4.69, 9.17) is 0 Å². The lowest BCUT2D eigenvalue weighted by Crippen LogP contribution is -2.30. The molecule has 0 saturated heterocycles.